The van der Waals surface area contributed by atoms with Gasteiger partial charge in [0.15, 0.2) is 0 Å². The van der Waals surface area contributed by atoms with Crippen molar-refractivity contribution in [2.24, 2.45) is 11.7 Å². The monoisotopic (exact) mass is 375 g/mol. The van der Waals surface area contributed by atoms with Gasteiger partial charge in [0.1, 0.15) is 5.69 Å². The van der Waals surface area contributed by atoms with Crippen LogP contribution in [0.5, 0.6) is 0 Å². The lowest BCUT2D eigenvalue weighted by molar-refractivity contribution is 0.0933. The van der Waals surface area contributed by atoms with Gasteiger partial charge < -0.3 is 26.4 Å². The summed E-state index contributed by atoms with van der Waals surface area (Å²) < 4.78 is 0. The Bertz CT molecular complexity index is 779. The van der Waals surface area contributed by atoms with Crippen molar-refractivity contribution in [3.63, 3.8) is 0 Å². The molecule has 0 radical (unpaired) electrons. The number of carboxylic acid groups (broad SMARTS) is 1. The molecule has 1 aliphatic heterocycles. The maximum Gasteiger partial charge on any atom is 0.405 e. The van der Waals surface area contributed by atoms with Crippen molar-refractivity contribution in [1.29, 1.82) is 0 Å². The highest BCUT2D eigenvalue weighted by Crippen LogP contribution is 2.33. The fourth-order valence-electron chi connectivity index (χ4n) is 3.54. The first-order valence-corrected chi connectivity index (χ1v) is 9.05. The number of rotatable bonds is 6. The Hall–Kier alpha value is -2.84. The van der Waals surface area contributed by atoms with E-state index >= 15 is 0 Å². The molecule has 9 nitrogen and oxygen atoms in total. The lowest BCUT2D eigenvalue weighted by Gasteiger charge is -2.27. The van der Waals surface area contributed by atoms with Crippen LogP contribution in [0.2, 0.25) is 0 Å². The summed E-state index contributed by atoms with van der Waals surface area (Å²) in [6.45, 7) is 4.70. The van der Waals surface area contributed by atoms with E-state index in [2.05, 4.69) is 15.6 Å². The molecule has 27 heavy (non-hydrogen) atoms. The van der Waals surface area contributed by atoms with E-state index in [1.807, 2.05) is 18.7 Å². The average Bonchev–Trinajstić information content (AvgIpc) is 3.37. The van der Waals surface area contributed by atoms with Gasteiger partial charge in [-0.15, -0.1) is 0 Å². The molecule has 1 aromatic rings. The van der Waals surface area contributed by atoms with E-state index in [4.69, 9.17) is 10.8 Å². The minimum Gasteiger partial charge on any atom is -0.465 e. The molecule has 1 aromatic heterocycles. The van der Waals surface area contributed by atoms with E-state index in [9.17, 15) is 14.4 Å². The zero-order valence-corrected chi connectivity index (χ0v) is 15.5. The lowest BCUT2D eigenvalue weighted by Crippen LogP contribution is -2.47. The third-order valence-corrected chi connectivity index (χ3v) is 5.29. The van der Waals surface area contributed by atoms with Gasteiger partial charge >= 0.3 is 6.09 Å². The Kier molecular flexibility index (Phi) is 4.95. The van der Waals surface area contributed by atoms with Crippen LogP contribution in [-0.4, -0.2) is 52.7 Å². The van der Waals surface area contributed by atoms with Crippen molar-refractivity contribution >= 4 is 23.6 Å². The first-order chi connectivity index (χ1) is 12.7. The summed E-state index contributed by atoms with van der Waals surface area (Å²) in [6, 6.07) is 1.57. The summed E-state index contributed by atoms with van der Waals surface area (Å²) in [7, 11) is 0. The van der Waals surface area contributed by atoms with Crippen LogP contribution in [0.3, 0.4) is 0 Å². The number of carbonyl (C=O) groups excluding carboxylic acids is 2. The Morgan fingerprint density at radius 2 is 2.11 bits per heavy atom. The van der Waals surface area contributed by atoms with Gasteiger partial charge in [0.25, 0.3) is 11.8 Å². The summed E-state index contributed by atoms with van der Waals surface area (Å²) >= 11 is 0. The minimum absolute atomic E-state index is 0.0663. The van der Waals surface area contributed by atoms with Crippen LogP contribution in [-0.2, 0) is 0 Å². The predicted octanol–water partition coefficient (Wildman–Crippen LogP) is 0.945. The molecule has 1 saturated heterocycles. The van der Waals surface area contributed by atoms with Gasteiger partial charge in [-0.2, -0.15) is 0 Å². The molecule has 146 valence electrons. The molecule has 3 rings (SSSR count). The molecule has 0 spiro atoms. The summed E-state index contributed by atoms with van der Waals surface area (Å²) in [6.07, 6.45) is 3.07. The van der Waals surface area contributed by atoms with Crippen molar-refractivity contribution in [1.82, 2.24) is 15.6 Å². The quantitative estimate of drug-likeness (QED) is 0.584. The van der Waals surface area contributed by atoms with Gasteiger partial charge in [-0.05, 0) is 45.1 Å². The second-order valence-corrected chi connectivity index (χ2v) is 7.71. The fraction of sp³-hybridized carbons (Fsp3) is 0.556. The molecule has 2 fully saturated rings. The average molecular weight is 375 g/mol. The molecule has 2 heterocycles. The Morgan fingerprint density at radius 1 is 1.41 bits per heavy atom. The van der Waals surface area contributed by atoms with Crippen molar-refractivity contribution in [2.45, 2.75) is 44.7 Å². The molecule has 1 saturated carbocycles. The fourth-order valence-corrected chi connectivity index (χ4v) is 3.54. The van der Waals surface area contributed by atoms with Crippen molar-refractivity contribution < 1.29 is 19.5 Å². The first kappa shape index (κ1) is 18.9. The summed E-state index contributed by atoms with van der Waals surface area (Å²) in [5.41, 5.74) is 5.66. The summed E-state index contributed by atoms with van der Waals surface area (Å²) in [4.78, 5) is 41.3. The number of aromatic nitrogens is 1. The zero-order valence-electron chi connectivity index (χ0n) is 15.5. The van der Waals surface area contributed by atoms with Gasteiger partial charge in [-0.1, -0.05) is 0 Å². The third-order valence-electron chi connectivity index (χ3n) is 5.29. The predicted molar refractivity (Wildman–Crippen MR) is 98.8 cm³/mol. The van der Waals surface area contributed by atoms with Gasteiger partial charge in [0, 0.05) is 25.3 Å². The maximum atomic E-state index is 12.8. The second kappa shape index (κ2) is 7.05. The molecule has 9 heteroatoms. The smallest absolute Gasteiger partial charge is 0.405 e. The highest BCUT2D eigenvalue weighted by Gasteiger charge is 2.37. The number of primary amides is 1. The number of hydrogen-bond donors (Lipinski definition) is 4. The maximum absolute atomic E-state index is 12.8. The largest absolute Gasteiger partial charge is 0.465 e. The molecule has 5 N–H and O–H groups in total. The summed E-state index contributed by atoms with van der Waals surface area (Å²) in [5, 5.41) is 14.6. The van der Waals surface area contributed by atoms with Crippen molar-refractivity contribution in [2.75, 3.05) is 18.0 Å². The second-order valence-electron chi connectivity index (χ2n) is 7.71. The zero-order chi connectivity index (χ0) is 19.8. The molecular weight excluding hydrogens is 350 g/mol. The number of carbonyl (C=O) groups is 3. The van der Waals surface area contributed by atoms with Gasteiger partial charge in [-0.3, -0.25) is 14.6 Å². The van der Waals surface area contributed by atoms with E-state index in [1.165, 1.54) is 12.3 Å². The minimum atomic E-state index is -1.09. The van der Waals surface area contributed by atoms with Crippen LogP contribution in [0.4, 0.5) is 10.5 Å². The number of nitrogens with zero attached hydrogens (tertiary/aromatic N) is 2. The topological polar surface area (TPSA) is 138 Å². The van der Waals surface area contributed by atoms with Crippen LogP contribution in [0, 0.1) is 5.92 Å². The SMILES string of the molecule is C[C@H](NC(=O)c1cnc(C(N)=O)cc1N1CC[C@](C)(NC(=O)O)C1)C1CC1. The van der Waals surface area contributed by atoms with Crippen LogP contribution in [0.25, 0.3) is 0 Å². The van der Waals surface area contributed by atoms with Crippen LogP contribution in [0.1, 0.15) is 54.0 Å². The van der Waals surface area contributed by atoms with E-state index in [0.717, 1.165) is 12.8 Å². The molecule has 2 atom stereocenters. The molecule has 0 aromatic carbocycles. The van der Waals surface area contributed by atoms with E-state index in [-0.39, 0.29) is 17.6 Å². The standard InChI is InChI=1S/C18H25N5O4/c1-10(11-3-4-11)21-16(25)12-8-20-13(15(19)24)7-14(12)23-6-5-18(2,9-23)22-17(26)27/h7-8,10-11,22H,3-6,9H2,1-2H3,(H2,19,24)(H,21,25)(H,26,27)/t10-,18-/m0/s1. The molecule has 0 bridgehead atoms. The van der Waals surface area contributed by atoms with Crippen LogP contribution < -0.4 is 21.3 Å². The number of hydrogen-bond acceptors (Lipinski definition) is 5. The van der Waals surface area contributed by atoms with E-state index in [0.29, 0.717) is 36.7 Å². The van der Waals surface area contributed by atoms with Crippen molar-refractivity contribution in [3.05, 3.63) is 23.5 Å². The van der Waals surface area contributed by atoms with Gasteiger partial charge in [0.2, 0.25) is 0 Å². The molecule has 3 amide bonds. The summed E-state index contributed by atoms with van der Waals surface area (Å²) in [5.74, 6) is -0.432. The number of anilines is 1. The number of nitrogens with one attached hydrogen (secondary N) is 2. The van der Waals surface area contributed by atoms with Gasteiger partial charge in [-0.25, -0.2) is 4.79 Å². The highest BCUT2D eigenvalue weighted by molar-refractivity contribution is 6.01. The van der Waals surface area contributed by atoms with E-state index in [1.54, 1.807) is 0 Å². The van der Waals surface area contributed by atoms with Crippen LogP contribution >= 0.6 is 0 Å². The molecular formula is C18H25N5O4. The number of amides is 3. The number of nitrogens with two attached hydrogens (primary N) is 1. The highest BCUT2D eigenvalue weighted by atomic mass is 16.4. The lowest BCUT2D eigenvalue weighted by atomic mass is 10.0. The first-order valence-electron chi connectivity index (χ1n) is 9.05. The Balaban J connectivity index is 1.87. The van der Waals surface area contributed by atoms with Crippen molar-refractivity contribution in [3.8, 4) is 0 Å². The molecule has 0 unspecified atom stereocenters. The number of pyridine rings is 1. The molecule has 2 aliphatic rings. The van der Waals surface area contributed by atoms with Crippen LogP contribution in [0.15, 0.2) is 12.3 Å². The third kappa shape index (κ3) is 4.29. The normalized spacial score (nSPS) is 23.0. The molecule has 1 aliphatic carbocycles. The van der Waals surface area contributed by atoms with Gasteiger partial charge in [0.05, 0.1) is 16.8 Å². The Labute approximate surface area is 157 Å². The Morgan fingerprint density at radius 3 is 2.70 bits per heavy atom. The van der Waals surface area contributed by atoms with E-state index < -0.39 is 17.5 Å².